The number of aromatic nitrogens is 1. The molecule has 1 saturated heterocycles. The van der Waals surface area contributed by atoms with Crippen molar-refractivity contribution in [3.8, 4) is 0 Å². The summed E-state index contributed by atoms with van der Waals surface area (Å²) in [5, 5.41) is 15.9. The maximum absolute atomic E-state index is 12.1. The van der Waals surface area contributed by atoms with Crippen LogP contribution in [0, 0.1) is 16.0 Å². The van der Waals surface area contributed by atoms with Crippen LogP contribution < -0.4 is 21.3 Å². The van der Waals surface area contributed by atoms with Gasteiger partial charge in [0.15, 0.2) is 0 Å². The Bertz CT molecular complexity index is 869. The number of pyridine rings is 1. The van der Waals surface area contributed by atoms with E-state index in [2.05, 4.69) is 15.6 Å². The molecule has 3 amide bonds. The first-order valence-electron chi connectivity index (χ1n) is 8.75. The third-order valence-electron chi connectivity index (χ3n) is 4.49. The molecule has 0 aliphatic carbocycles. The second-order valence-corrected chi connectivity index (χ2v) is 6.48. The minimum Gasteiger partial charge on any atom is -0.369 e. The highest BCUT2D eigenvalue weighted by atomic mass is 16.6. The molecule has 0 bridgehead atoms. The number of urea groups is 1. The molecule has 1 aliphatic heterocycles. The molecule has 0 radical (unpaired) electrons. The van der Waals surface area contributed by atoms with Gasteiger partial charge in [-0.25, -0.2) is 9.78 Å². The highest BCUT2D eigenvalue weighted by Gasteiger charge is 2.24. The van der Waals surface area contributed by atoms with Gasteiger partial charge < -0.3 is 21.3 Å². The Morgan fingerprint density at radius 2 is 1.82 bits per heavy atom. The lowest BCUT2D eigenvalue weighted by Gasteiger charge is -2.32. The van der Waals surface area contributed by atoms with Gasteiger partial charge in [0.1, 0.15) is 5.82 Å². The summed E-state index contributed by atoms with van der Waals surface area (Å²) in [6.45, 7) is 1.33. The van der Waals surface area contributed by atoms with Crippen LogP contribution in [-0.4, -0.2) is 34.9 Å². The van der Waals surface area contributed by atoms with E-state index in [0.717, 1.165) is 19.4 Å². The van der Waals surface area contributed by atoms with E-state index in [1.807, 2.05) is 4.90 Å². The van der Waals surface area contributed by atoms with Crippen molar-refractivity contribution in [1.82, 2.24) is 4.98 Å². The molecule has 1 aliphatic rings. The van der Waals surface area contributed by atoms with E-state index in [4.69, 9.17) is 5.73 Å². The number of rotatable bonds is 5. The summed E-state index contributed by atoms with van der Waals surface area (Å²) in [5.74, 6) is 0.235. The summed E-state index contributed by atoms with van der Waals surface area (Å²) in [6.07, 6.45) is 3.18. The molecule has 0 spiro atoms. The van der Waals surface area contributed by atoms with Gasteiger partial charge >= 0.3 is 6.03 Å². The molecule has 0 saturated carbocycles. The number of hydrogen-bond donors (Lipinski definition) is 3. The Kier molecular flexibility index (Phi) is 5.68. The second-order valence-electron chi connectivity index (χ2n) is 6.48. The summed E-state index contributed by atoms with van der Waals surface area (Å²) in [4.78, 5) is 39.9. The van der Waals surface area contributed by atoms with Crippen LogP contribution in [-0.2, 0) is 4.79 Å². The number of primary amides is 1. The fourth-order valence-electron chi connectivity index (χ4n) is 3.02. The Morgan fingerprint density at radius 1 is 1.14 bits per heavy atom. The number of anilines is 3. The largest absolute Gasteiger partial charge is 0.369 e. The number of non-ortho nitro benzene ring substituents is 1. The van der Waals surface area contributed by atoms with E-state index in [0.29, 0.717) is 23.7 Å². The molecule has 2 heterocycles. The van der Waals surface area contributed by atoms with Crippen molar-refractivity contribution in [2.45, 2.75) is 12.8 Å². The van der Waals surface area contributed by atoms with Crippen molar-refractivity contribution in [3.05, 3.63) is 52.7 Å². The molecule has 1 atom stereocenters. The van der Waals surface area contributed by atoms with E-state index < -0.39 is 11.0 Å². The first-order valence-corrected chi connectivity index (χ1v) is 8.75. The number of amides is 3. The lowest BCUT2D eigenvalue weighted by molar-refractivity contribution is -0.384. The van der Waals surface area contributed by atoms with E-state index in [1.54, 1.807) is 12.1 Å². The van der Waals surface area contributed by atoms with Gasteiger partial charge in [-0.1, -0.05) is 0 Å². The number of nitrogens with one attached hydrogen (secondary N) is 2. The maximum Gasteiger partial charge on any atom is 0.323 e. The molecule has 4 N–H and O–H groups in total. The number of nitro benzene ring substituents is 1. The van der Waals surface area contributed by atoms with Gasteiger partial charge in [0, 0.05) is 30.9 Å². The molecular formula is C18H20N6O4. The number of nitrogens with two attached hydrogens (primary N) is 1. The van der Waals surface area contributed by atoms with Gasteiger partial charge in [0.2, 0.25) is 5.91 Å². The first-order chi connectivity index (χ1) is 13.4. The molecule has 10 nitrogen and oxygen atoms in total. The van der Waals surface area contributed by atoms with Crippen molar-refractivity contribution < 1.29 is 14.5 Å². The zero-order valence-corrected chi connectivity index (χ0v) is 15.0. The fourth-order valence-corrected chi connectivity index (χ4v) is 3.02. The van der Waals surface area contributed by atoms with Gasteiger partial charge in [-0.3, -0.25) is 14.9 Å². The van der Waals surface area contributed by atoms with Crippen LogP contribution in [0.25, 0.3) is 0 Å². The molecule has 10 heteroatoms. The number of carbonyl (C=O) groups excluding carboxylic acids is 2. The Balaban J connectivity index is 1.57. The smallest absolute Gasteiger partial charge is 0.323 e. The summed E-state index contributed by atoms with van der Waals surface area (Å²) in [6, 6.07) is 8.51. The molecule has 1 aromatic carbocycles. The van der Waals surface area contributed by atoms with E-state index in [9.17, 15) is 19.7 Å². The second kappa shape index (κ2) is 8.33. The summed E-state index contributed by atoms with van der Waals surface area (Å²) >= 11 is 0. The zero-order valence-electron chi connectivity index (χ0n) is 15.0. The predicted octanol–water partition coefficient (Wildman–Crippen LogP) is 2.34. The lowest BCUT2D eigenvalue weighted by atomic mass is 9.97. The molecule has 28 heavy (non-hydrogen) atoms. The van der Waals surface area contributed by atoms with Gasteiger partial charge in [-0.2, -0.15) is 0 Å². The summed E-state index contributed by atoms with van der Waals surface area (Å²) < 4.78 is 0. The van der Waals surface area contributed by atoms with Crippen molar-refractivity contribution in [2.75, 3.05) is 28.6 Å². The number of carbonyl (C=O) groups is 2. The van der Waals surface area contributed by atoms with Gasteiger partial charge in [-0.15, -0.1) is 0 Å². The van der Waals surface area contributed by atoms with Crippen molar-refractivity contribution in [2.24, 2.45) is 11.7 Å². The topological polar surface area (TPSA) is 143 Å². The van der Waals surface area contributed by atoms with Crippen LogP contribution in [0.15, 0.2) is 42.6 Å². The first kappa shape index (κ1) is 19.1. The third kappa shape index (κ3) is 4.72. The number of piperidine rings is 1. The SMILES string of the molecule is NC(=O)C1CCCN(c2ccc(NC(=O)Nc3ccc([N+](=O)[O-])cc3)cn2)C1. The monoisotopic (exact) mass is 384 g/mol. The van der Waals surface area contributed by atoms with E-state index >= 15 is 0 Å². The van der Waals surface area contributed by atoms with Gasteiger partial charge in [-0.05, 0) is 37.1 Å². The van der Waals surface area contributed by atoms with Crippen LogP contribution in [0.5, 0.6) is 0 Å². The average Bonchev–Trinajstić information content (AvgIpc) is 2.69. The standard InChI is InChI=1S/C18H20N6O4/c19-17(25)12-2-1-9-23(11-12)16-8-5-14(10-20-16)22-18(26)21-13-3-6-15(7-4-13)24(27)28/h3-8,10,12H,1-2,9,11H2,(H2,19,25)(H2,21,22,26). The molecule has 1 fully saturated rings. The van der Waals surface area contributed by atoms with Crippen molar-refractivity contribution in [3.63, 3.8) is 0 Å². The fraction of sp³-hybridized carbons (Fsp3) is 0.278. The normalized spacial score (nSPS) is 16.3. The van der Waals surface area contributed by atoms with E-state index in [1.165, 1.54) is 30.5 Å². The highest BCUT2D eigenvalue weighted by Crippen LogP contribution is 2.22. The van der Waals surface area contributed by atoms with Gasteiger partial charge in [0.05, 0.1) is 22.7 Å². The van der Waals surface area contributed by atoms with Crippen LogP contribution >= 0.6 is 0 Å². The molecular weight excluding hydrogens is 364 g/mol. The number of nitrogens with zero attached hydrogens (tertiary/aromatic N) is 3. The number of benzene rings is 1. The molecule has 1 unspecified atom stereocenters. The summed E-state index contributed by atoms with van der Waals surface area (Å²) in [7, 11) is 0. The van der Waals surface area contributed by atoms with Crippen LogP contribution in [0.1, 0.15) is 12.8 Å². The summed E-state index contributed by atoms with van der Waals surface area (Å²) in [5.41, 5.74) is 6.27. The quantitative estimate of drug-likeness (QED) is 0.533. The molecule has 146 valence electrons. The van der Waals surface area contributed by atoms with Crippen LogP contribution in [0.2, 0.25) is 0 Å². The highest BCUT2D eigenvalue weighted by molar-refractivity contribution is 5.99. The Morgan fingerprint density at radius 3 is 2.43 bits per heavy atom. The zero-order chi connectivity index (χ0) is 20.1. The number of nitro groups is 1. The van der Waals surface area contributed by atoms with Crippen LogP contribution in [0.4, 0.5) is 27.7 Å². The third-order valence-corrected chi connectivity index (χ3v) is 4.49. The minimum atomic E-state index is -0.509. The average molecular weight is 384 g/mol. The maximum atomic E-state index is 12.1. The van der Waals surface area contributed by atoms with Crippen molar-refractivity contribution in [1.29, 1.82) is 0 Å². The van der Waals surface area contributed by atoms with E-state index in [-0.39, 0.29) is 17.5 Å². The predicted molar refractivity (Wildman–Crippen MR) is 104 cm³/mol. The van der Waals surface area contributed by atoms with Crippen molar-refractivity contribution >= 4 is 34.8 Å². The Labute approximate surface area is 160 Å². The Hall–Kier alpha value is -3.69. The minimum absolute atomic E-state index is 0.0537. The van der Waals surface area contributed by atoms with Gasteiger partial charge in [0.25, 0.3) is 5.69 Å². The molecule has 1 aromatic heterocycles. The van der Waals surface area contributed by atoms with Crippen LogP contribution in [0.3, 0.4) is 0 Å². The lowest BCUT2D eigenvalue weighted by Crippen LogP contribution is -2.41. The molecule has 2 aromatic rings. The number of hydrogen-bond acceptors (Lipinski definition) is 6. The molecule has 3 rings (SSSR count).